The van der Waals surface area contributed by atoms with Gasteiger partial charge in [-0.05, 0) is 29.8 Å². The van der Waals surface area contributed by atoms with Gasteiger partial charge in [0.1, 0.15) is 0 Å². The number of hydrogen-bond acceptors (Lipinski definition) is 5. The summed E-state index contributed by atoms with van der Waals surface area (Å²) < 4.78 is 26.6. The number of thioether (sulfide) groups is 1. The molecule has 0 aliphatic heterocycles. The number of sulfonamides is 1. The Bertz CT molecular complexity index is 809. The number of carbonyl (C=O) groups excluding carboxylic acids is 1. The van der Waals surface area contributed by atoms with Gasteiger partial charge in [-0.15, -0.1) is 11.8 Å². The molecule has 0 saturated heterocycles. The van der Waals surface area contributed by atoms with Gasteiger partial charge in [0, 0.05) is 25.0 Å². The SMILES string of the molecule is CN(Cc1ccccc1)S(=O)(=O)c1ccc(NC(=O)CSCCO)cc1. The van der Waals surface area contributed by atoms with Gasteiger partial charge < -0.3 is 10.4 Å². The number of anilines is 1. The molecule has 0 radical (unpaired) electrons. The molecule has 0 atom stereocenters. The fourth-order valence-corrected chi connectivity index (χ4v) is 3.93. The maximum absolute atomic E-state index is 12.7. The van der Waals surface area contributed by atoms with Crippen LogP contribution in [0.3, 0.4) is 0 Å². The zero-order chi connectivity index (χ0) is 19.0. The van der Waals surface area contributed by atoms with Gasteiger partial charge in [0.25, 0.3) is 0 Å². The molecule has 1 amide bonds. The third kappa shape index (κ3) is 5.84. The van der Waals surface area contributed by atoms with Crippen LogP contribution in [0.5, 0.6) is 0 Å². The normalized spacial score (nSPS) is 11.5. The average Bonchev–Trinajstić information content (AvgIpc) is 2.63. The van der Waals surface area contributed by atoms with Crippen molar-refractivity contribution in [2.45, 2.75) is 11.4 Å². The fraction of sp³-hybridized carbons (Fsp3) is 0.278. The number of carbonyl (C=O) groups is 1. The lowest BCUT2D eigenvalue weighted by molar-refractivity contribution is -0.113. The number of aliphatic hydroxyl groups excluding tert-OH is 1. The van der Waals surface area contributed by atoms with Gasteiger partial charge in [-0.3, -0.25) is 4.79 Å². The minimum atomic E-state index is -3.61. The summed E-state index contributed by atoms with van der Waals surface area (Å²) in [5.74, 6) is 0.541. The summed E-state index contributed by atoms with van der Waals surface area (Å²) in [4.78, 5) is 11.9. The van der Waals surface area contributed by atoms with E-state index in [1.165, 1.54) is 35.2 Å². The lowest BCUT2D eigenvalue weighted by Gasteiger charge is -2.17. The van der Waals surface area contributed by atoms with Crippen molar-refractivity contribution in [2.75, 3.05) is 30.5 Å². The zero-order valence-electron chi connectivity index (χ0n) is 14.5. The molecule has 0 spiro atoms. The van der Waals surface area contributed by atoms with Crippen LogP contribution in [0.25, 0.3) is 0 Å². The standard InChI is InChI=1S/C18H22N2O4S2/c1-20(13-15-5-3-2-4-6-15)26(23,24)17-9-7-16(8-10-17)19-18(22)14-25-12-11-21/h2-10,21H,11-14H2,1H3,(H,19,22). The molecule has 8 heteroatoms. The van der Waals surface area contributed by atoms with Gasteiger partial charge in [0.2, 0.25) is 15.9 Å². The number of amides is 1. The van der Waals surface area contributed by atoms with Crippen molar-refractivity contribution < 1.29 is 18.3 Å². The summed E-state index contributed by atoms with van der Waals surface area (Å²) in [6.07, 6.45) is 0. The molecule has 26 heavy (non-hydrogen) atoms. The van der Waals surface area contributed by atoms with Crippen LogP contribution in [0.4, 0.5) is 5.69 Å². The third-order valence-corrected chi connectivity index (χ3v) is 6.32. The molecular formula is C18H22N2O4S2. The van der Waals surface area contributed by atoms with Gasteiger partial charge in [0.15, 0.2) is 0 Å². The molecule has 0 saturated carbocycles. The first-order chi connectivity index (χ1) is 12.4. The van der Waals surface area contributed by atoms with Crippen LogP contribution in [0.2, 0.25) is 0 Å². The van der Waals surface area contributed by atoms with E-state index in [2.05, 4.69) is 5.32 Å². The molecule has 2 aromatic carbocycles. The Morgan fingerprint density at radius 1 is 1.12 bits per heavy atom. The summed E-state index contributed by atoms with van der Waals surface area (Å²) in [7, 11) is -2.07. The molecule has 2 N–H and O–H groups in total. The van der Waals surface area contributed by atoms with Gasteiger partial charge in [-0.1, -0.05) is 30.3 Å². The lowest BCUT2D eigenvalue weighted by Crippen LogP contribution is -2.26. The van der Waals surface area contributed by atoms with Crippen LogP contribution in [0, 0.1) is 0 Å². The minimum Gasteiger partial charge on any atom is -0.396 e. The monoisotopic (exact) mass is 394 g/mol. The Kier molecular flexibility index (Phi) is 7.65. The molecular weight excluding hydrogens is 372 g/mol. The summed E-state index contributed by atoms with van der Waals surface area (Å²) in [6.45, 7) is 0.310. The summed E-state index contributed by atoms with van der Waals surface area (Å²) in [6, 6.07) is 15.5. The predicted octanol–water partition coefficient (Wildman–Crippen LogP) is 2.17. The van der Waals surface area contributed by atoms with Crippen molar-refractivity contribution in [1.82, 2.24) is 4.31 Å². The Morgan fingerprint density at radius 3 is 2.38 bits per heavy atom. The largest absolute Gasteiger partial charge is 0.396 e. The summed E-state index contributed by atoms with van der Waals surface area (Å²) in [5.41, 5.74) is 1.44. The number of rotatable bonds is 9. The van der Waals surface area contributed by atoms with Gasteiger partial charge in [0.05, 0.1) is 17.3 Å². The Morgan fingerprint density at radius 2 is 1.77 bits per heavy atom. The second-order valence-electron chi connectivity index (χ2n) is 5.60. The topological polar surface area (TPSA) is 86.7 Å². The molecule has 0 unspecified atom stereocenters. The minimum absolute atomic E-state index is 0.0288. The zero-order valence-corrected chi connectivity index (χ0v) is 16.1. The molecule has 0 heterocycles. The second-order valence-corrected chi connectivity index (χ2v) is 8.75. The fourth-order valence-electron chi connectivity index (χ4n) is 2.24. The van der Waals surface area contributed by atoms with E-state index in [-0.39, 0.29) is 29.7 Å². The first-order valence-electron chi connectivity index (χ1n) is 8.02. The van der Waals surface area contributed by atoms with Crippen LogP contribution in [0.1, 0.15) is 5.56 Å². The Labute approximate surface area is 158 Å². The van der Waals surface area contributed by atoms with Crippen LogP contribution >= 0.6 is 11.8 Å². The van der Waals surface area contributed by atoms with E-state index in [1.807, 2.05) is 30.3 Å². The highest BCUT2D eigenvalue weighted by Crippen LogP contribution is 2.19. The first kappa shape index (κ1) is 20.4. The quantitative estimate of drug-likeness (QED) is 0.637. The molecule has 0 fully saturated rings. The van der Waals surface area contributed by atoms with E-state index in [0.717, 1.165) is 5.56 Å². The number of aliphatic hydroxyl groups is 1. The summed E-state index contributed by atoms with van der Waals surface area (Å²) in [5, 5.41) is 11.4. The molecule has 0 aliphatic carbocycles. The summed E-state index contributed by atoms with van der Waals surface area (Å²) >= 11 is 1.33. The van der Waals surface area contributed by atoms with E-state index in [0.29, 0.717) is 11.4 Å². The van der Waals surface area contributed by atoms with Crippen molar-refractivity contribution in [3.05, 3.63) is 60.2 Å². The van der Waals surface area contributed by atoms with Crippen molar-refractivity contribution >= 4 is 33.4 Å². The average molecular weight is 395 g/mol. The van der Waals surface area contributed by atoms with E-state index in [1.54, 1.807) is 12.1 Å². The molecule has 2 rings (SSSR count). The van der Waals surface area contributed by atoms with Gasteiger partial charge >= 0.3 is 0 Å². The molecule has 140 valence electrons. The maximum Gasteiger partial charge on any atom is 0.243 e. The molecule has 6 nitrogen and oxygen atoms in total. The highest BCUT2D eigenvalue weighted by atomic mass is 32.2. The Hall–Kier alpha value is -1.87. The van der Waals surface area contributed by atoms with E-state index < -0.39 is 10.0 Å². The number of benzene rings is 2. The molecule has 0 bridgehead atoms. The smallest absolute Gasteiger partial charge is 0.243 e. The van der Waals surface area contributed by atoms with Gasteiger partial charge in [-0.2, -0.15) is 4.31 Å². The van der Waals surface area contributed by atoms with Crippen LogP contribution in [-0.4, -0.2) is 48.9 Å². The number of nitrogens with zero attached hydrogens (tertiary/aromatic N) is 1. The van der Waals surface area contributed by atoms with E-state index >= 15 is 0 Å². The predicted molar refractivity (Wildman–Crippen MR) is 105 cm³/mol. The number of hydrogen-bond donors (Lipinski definition) is 2. The van der Waals surface area contributed by atoms with Crippen LogP contribution in [0.15, 0.2) is 59.5 Å². The van der Waals surface area contributed by atoms with Gasteiger partial charge in [-0.25, -0.2) is 8.42 Å². The highest BCUT2D eigenvalue weighted by molar-refractivity contribution is 7.99. The third-order valence-electron chi connectivity index (χ3n) is 3.56. The van der Waals surface area contributed by atoms with Crippen molar-refractivity contribution in [3.63, 3.8) is 0 Å². The van der Waals surface area contributed by atoms with Crippen molar-refractivity contribution in [2.24, 2.45) is 0 Å². The van der Waals surface area contributed by atoms with E-state index in [4.69, 9.17) is 5.11 Å². The highest BCUT2D eigenvalue weighted by Gasteiger charge is 2.20. The van der Waals surface area contributed by atoms with Crippen molar-refractivity contribution in [1.29, 1.82) is 0 Å². The maximum atomic E-state index is 12.7. The Balaban J connectivity index is 2.00. The second kappa shape index (κ2) is 9.72. The molecule has 2 aromatic rings. The first-order valence-corrected chi connectivity index (χ1v) is 10.6. The molecule has 0 aliphatic rings. The van der Waals surface area contributed by atoms with Crippen LogP contribution in [-0.2, 0) is 21.4 Å². The van der Waals surface area contributed by atoms with Crippen LogP contribution < -0.4 is 5.32 Å². The van der Waals surface area contributed by atoms with E-state index in [9.17, 15) is 13.2 Å². The van der Waals surface area contributed by atoms with Crippen molar-refractivity contribution in [3.8, 4) is 0 Å². The lowest BCUT2D eigenvalue weighted by atomic mass is 10.2. The molecule has 0 aromatic heterocycles. The number of nitrogens with one attached hydrogen (secondary N) is 1.